The normalized spacial score (nSPS) is 10.9. The van der Waals surface area contributed by atoms with Crippen molar-refractivity contribution < 1.29 is 23.4 Å². The summed E-state index contributed by atoms with van der Waals surface area (Å²) in [6.45, 7) is 6.84. The summed E-state index contributed by atoms with van der Waals surface area (Å²) in [6, 6.07) is 13.5. The Hall–Kier alpha value is -3.42. The van der Waals surface area contributed by atoms with Crippen molar-refractivity contribution >= 4 is 45.9 Å². The smallest absolute Gasteiger partial charge is 0.255 e. The molecule has 0 unspecified atom stereocenters. The van der Waals surface area contributed by atoms with E-state index in [-0.39, 0.29) is 5.91 Å². The zero-order valence-electron chi connectivity index (χ0n) is 19.5. The number of carbonyl (C=O) groups is 1. The molecule has 0 atom stereocenters. The van der Waals surface area contributed by atoms with E-state index in [1.54, 1.807) is 48.5 Å². The third-order valence-corrected chi connectivity index (χ3v) is 5.54. The number of nitrogens with zero attached hydrogens (tertiary/aromatic N) is 1. The number of hydrogen-bond acceptors (Lipinski definition) is 6. The fourth-order valence-electron chi connectivity index (χ4n) is 3.51. The van der Waals surface area contributed by atoms with Crippen molar-refractivity contribution in [3.63, 3.8) is 0 Å². The molecule has 4 aromatic rings. The summed E-state index contributed by atoms with van der Waals surface area (Å²) in [7, 11) is 0. The van der Waals surface area contributed by atoms with Gasteiger partial charge in [0, 0.05) is 16.3 Å². The van der Waals surface area contributed by atoms with Crippen molar-refractivity contribution in [1.29, 1.82) is 0 Å². The van der Waals surface area contributed by atoms with Crippen LogP contribution in [0.5, 0.6) is 17.2 Å². The van der Waals surface area contributed by atoms with Gasteiger partial charge in [0.25, 0.3) is 5.91 Å². The molecule has 1 aromatic heterocycles. The minimum Gasteiger partial charge on any atom is -0.490 e. The highest BCUT2D eigenvalue weighted by atomic mass is 35.5. The van der Waals surface area contributed by atoms with Gasteiger partial charge in [-0.1, -0.05) is 23.2 Å². The summed E-state index contributed by atoms with van der Waals surface area (Å²) in [5.74, 6) is 1.31. The highest BCUT2D eigenvalue weighted by molar-refractivity contribution is 6.33. The lowest BCUT2D eigenvalue weighted by Crippen LogP contribution is -2.13. The van der Waals surface area contributed by atoms with Gasteiger partial charge in [0.05, 0.1) is 30.4 Å². The van der Waals surface area contributed by atoms with Crippen molar-refractivity contribution in [1.82, 2.24) is 4.98 Å². The fraction of sp³-hybridized carbons (Fsp3) is 0.231. The molecule has 7 nitrogen and oxygen atoms in total. The van der Waals surface area contributed by atoms with E-state index in [0.717, 1.165) is 0 Å². The number of anilines is 1. The number of ether oxygens (including phenoxy) is 3. The molecule has 0 aliphatic heterocycles. The molecule has 0 fully saturated rings. The van der Waals surface area contributed by atoms with E-state index in [4.69, 9.17) is 41.8 Å². The average Bonchev–Trinajstić information content (AvgIpc) is 3.25. The molecule has 1 amide bonds. The first-order chi connectivity index (χ1) is 16.9. The van der Waals surface area contributed by atoms with Crippen LogP contribution in [0.15, 0.2) is 52.9 Å². The SMILES string of the molecule is CCOc1cc(C(=O)Nc2ccc(Cl)c(-c3nc4cc(Cl)ccc4o3)c2)cc(OCC)c1OCC. The molecule has 0 spiro atoms. The van der Waals surface area contributed by atoms with Gasteiger partial charge < -0.3 is 23.9 Å². The maximum atomic E-state index is 13.2. The van der Waals surface area contributed by atoms with Crippen LogP contribution in [0.3, 0.4) is 0 Å². The minimum atomic E-state index is -0.354. The molecule has 1 N–H and O–H groups in total. The van der Waals surface area contributed by atoms with Crippen LogP contribution in [0.2, 0.25) is 10.0 Å². The van der Waals surface area contributed by atoms with Crippen LogP contribution in [-0.2, 0) is 0 Å². The van der Waals surface area contributed by atoms with Gasteiger partial charge in [-0.2, -0.15) is 0 Å². The molecular formula is C26H24Cl2N2O5. The number of rotatable bonds is 9. The lowest BCUT2D eigenvalue weighted by atomic mass is 10.1. The number of hydrogen-bond donors (Lipinski definition) is 1. The first-order valence-corrected chi connectivity index (χ1v) is 11.9. The van der Waals surface area contributed by atoms with Crippen molar-refractivity contribution in [2.75, 3.05) is 25.1 Å². The van der Waals surface area contributed by atoms with Crippen LogP contribution in [0, 0.1) is 0 Å². The summed E-state index contributed by atoms with van der Waals surface area (Å²) < 4.78 is 23.0. The van der Waals surface area contributed by atoms with Crippen LogP contribution in [0.25, 0.3) is 22.6 Å². The second kappa shape index (κ2) is 10.9. The third-order valence-electron chi connectivity index (χ3n) is 4.98. The van der Waals surface area contributed by atoms with Gasteiger partial charge in [-0.05, 0) is 69.3 Å². The Balaban J connectivity index is 1.65. The van der Waals surface area contributed by atoms with E-state index in [9.17, 15) is 4.79 Å². The summed E-state index contributed by atoms with van der Waals surface area (Å²) in [5, 5.41) is 3.87. The van der Waals surface area contributed by atoms with E-state index in [1.165, 1.54) is 0 Å². The van der Waals surface area contributed by atoms with Gasteiger partial charge >= 0.3 is 0 Å². The van der Waals surface area contributed by atoms with E-state index >= 15 is 0 Å². The number of nitrogens with one attached hydrogen (secondary N) is 1. The Kier molecular flexibility index (Phi) is 7.68. The number of aromatic nitrogens is 1. The Labute approximate surface area is 212 Å². The van der Waals surface area contributed by atoms with Gasteiger partial charge in [-0.3, -0.25) is 4.79 Å². The predicted octanol–water partition coefficient (Wildman–Crippen LogP) is 7.25. The molecule has 0 radical (unpaired) electrons. The molecule has 182 valence electrons. The quantitative estimate of drug-likeness (QED) is 0.253. The van der Waals surface area contributed by atoms with E-state index in [0.29, 0.717) is 80.9 Å². The van der Waals surface area contributed by atoms with Gasteiger partial charge in [0.1, 0.15) is 5.52 Å². The fourth-order valence-corrected chi connectivity index (χ4v) is 3.87. The van der Waals surface area contributed by atoms with Gasteiger partial charge in [0.15, 0.2) is 17.1 Å². The Morgan fingerprint density at radius 1 is 0.914 bits per heavy atom. The number of halogens is 2. The first kappa shape index (κ1) is 24.7. The maximum absolute atomic E-state index is 13.2. The average molecular weight is 515 g/mol. The van der Waals surface area contributed by atoms with Crippen LogP contribution < -0.4 is 19.5 Å². The zero-order valence-corrected chi connectivity index (χ0v) is 21.0. The number of amides is 1. The second-order valence-electron chi connectivity index (χ2n) is 7.38. The van der Waals surface area contributed by atoms with Crippen molar-refractivity contribution in [2.24, 2.45) is 0 Å². The van der Waals surface area contributed by atoms with Crippen LogP contribution in [0.1, 0.15) is 31.1 Å². The Morgan fingerprint density at radius 3 is 2.26 bits per heavy atom. The largest absolute Gasteiger partial charge is 0.490 e. The number of carbonyl (C=O) groups excluding carboxylic acids is 1. The first-order valence-electron chi connectivity index (χ1n) is 11.2. The van der Waals surface area contributed by atoms with Gasteiger partial charge in [-0.15, -0.1) is 0 Å². The molecule has 0 saturated heterocycles. The standard InChI is InChI=1S/C26H24Cl2N2O5/c1-4-32-22-11-15(12-23(33-5-2)24(22)34-6-3)25(31)29-17-8-9-19(28)18(14-17)26-30-20-13-16(27)7-10-21(20)35-26/h7-14H,4-6H2,1-3H3,(H,29,31). The van der Waals surface area contributed by atoms with Crippen LogP contribution >= 0.6 is 23.2 Å². The van der Waals surface area contributed by atoms with Crippen LogP contribution in [-0.4, -0.2) is 30.7 Å². The molecule has 4 rings (SSSR count). The molecule has 1 heterocycles. The molecule has 9 heteroatoms. The molecule has 0 aliphatic carbocycles. The van der Waals surface area contributed by atoms with E-state index in [1.807, 2.05) is 20.8 Å². The van der Waals surface area contributed by atoms with Gasteiger partial charge in [0.2, 0.25) is 11.6 Å². The number of benzene rings is 3. The van der Waals surface area contributed by atoms with Crippen LogP contribution in [0.4, 0.5) is 5.69 Å². The summed E-state index contributed by atoms with van der Waals surface area (Å²) in [5.41, 5.74) is 2.59. The van der Waals surface area contributed by atoms with E-state index in [2.05, 4.69) is 10.3 Å². The topological polar surface area (TPSA) is 82.8 Å². The summed E-state index contributed by atoms with van der Waals surface area (Å²) >= 11 is 12.5. The lowest BCUT2D eigenvalue weighted by molar-refractivity contribution is 0.102. The summed E-state index contributed by atoms with van der Waals surface area (Å²) in [4.78, 5) is 17.6. The van der Waals surface area contributed by atoms with Crippen molar-refractivity contribution in [2.45, 2.75) is 20.8 Å². The third kappa shape index (κ3) is 5.47. The van der Waals surface area contributed by atoms with E-state index < -0.39 is 0 Å². The number of fused-ring (bicyclic) bond motifs is 1. The highest BCUT2D eigenvalue weighted by Crippen LogP contribution is 2.39. The molecule has 0 saturated carbocycles. The predicted molar refractivity (Wildman–Crippen MR) is 137 cm³/mol. The highest BCUT2D eigenvalue weighted by Gasteiger charge is 2.19. The molecule has 3 aromatic carbocycles. The zero-order chi connectivity index (χ0) is 24.9. The number of oxazole rings is 1. The molecule has 0 bridgehead atoms. The van der Waals surface area contributed by atoms with Crippen molar-refractivity contribution in [3.05, 3.63) is 64.1 Å². The second-order valence-corrected chi connectivity index (χ2v) is 8.22. The molecular weight excluding hydrogens is 491 g/mol. The lowest BCUT2D eigenvalue weighted by Gasteiger charge is -2.17. The minimum absolute atomic E-state index is 0.321. The Bertz CT molecular complexity index is 1340. The summed E-state index contributed by atoms with van der Waals surface area (Å²) in [6.07, 6.45) is 0. The monoisotopic (exact) mass is 514 g/mol. The Morgan fingerprint density at radius 2 is 1.60 bits per heavy atom. The molecule has 35 heavy (non-hydrogen) atoms. The maximum Gasteiger partial charge on any atom is 0.255 e. The van der Waals surface area contributed by atoms with Gasteiger partial charge in [-0.25, -0.2) is 4.98 Å². The molecule has 0 aliphatic rings. The van der Waals surface area contributed by atoms with Crippen molar-refractivity contribution in [3.8, 4) is 28.7 Å².